The summed E-state index contributed by atoms with van der Waals surface area (Å²) in [4.78, 5) is 0. The highest BCUT2D eigenvalue weighted by atomic mass is 35.5. The molecule has 0 amide bonds. The normalized spacial score (nSPS) is 10.9. The second kappa shape index (κ2) is 6.64. The number of aromatic nitrogens is 4. The van der Waals surface area contributed by atoms with Crippen molar-refractivity contribution < 1.29 is 4.39 Å². The Bertz CT molecular complexity index is 792. The van der Waals surface area contributed by atoms with Gasteiger partial charge in [0.15, 0.2) is 0 Å². The maximum Gasteiger partial charge on any atom is 0.214 e. The zero-order chi connectivity index (χ0) is 15.5. The minimum Gasteiger partial charge on any atom is -0.205 e. The van der Waals surface area contributed by atoms with E-state index in [1.165, 1.54) is 28.6 Å². The van der Waals surface area contributed by atoms with Gasteiger partial charge in [0.25, 0.3) is 0 Å². The van der Waals surface area contributed by atoms with E-state index in [-0.39, 0.29) is 5.02 Å². The van der Waals surface area contributed by atoms with Gasteiger partial charge in [-0.25, -0.2) is 4.39 Å². The lowest BCUT2D eigenvalue weighted by molar-refractivity contribution is 0.626. The van der Waals surface area contributed by atoms with Crippen LogP contribution in [0.15, 0.2) is 47.6 Å². The number of hydrogen-bond donors (Lipinski definition) is 0. The van der Waals surface area contributed by atoms with Gasteiger partial charge in [-0.2, -0.15) is 4.68 Å². The summed E-state index contributed by atoms with van der Waals surface area (Å²) in [6.07, 6.45) is 0. The smallest absolute Gasteiger partial charge is 0.205 e. The van der Waals surface area contributed by atoms with Crippen molar-refractivity contribution in [1.29, 1.82) is 0 Å². The van der Waals surface area contributed by atoms with Crippen LogP contribution in [0.5, 0.6) is 0 Å². The Labute approximate surface area is 140 Å². The number of rotatable bonds is 4. The molecule has 0 bridgehead atoms. The first kappa shape index (κ1) is 15.3. The van der Waals surface area contributed by atoms with Crippen molar-refractivity contribution in [2.45, 2.75) is 10.9 Å². The van der Waals surface area contributed by atoms with Gasteiger partial charge in [0.05, 0.1) is 10.7 Å². The molecule has 0 saturated carbocycles. The molecular formula is C14H9Cl2FN4S. The predicted octanol–water partition coefficient (Wildman–Crippen LogP) is 4.40. The fraction of sp³-hybridized carbons (Fsp3) is 0.0714. The van der Waals surface area contributed by atoms with Crippen molar-refractivity contribution in [3.05, 3.63) is 63.9 Å². The van der Waals surface area contributed by atoms with Crippen LogP contribution in [0.25, 0.3) is 5.69 Å². The van der Waals surface area contributed by atoms with Gasteiger partial charge in [0.1, 0.15) is 5.82 Å². The molecule has 8 heteroatoms. The van der Waals surface area contributed by atoms with E-state index >= 15 is 0 Å². The van der Waals surface area contributed by atoms with Gasteiger partial charge >= 0.3 is 0 Å². The molecule has 2 aromatic carbocycles. The summed E-state index contributed by atoms with van der Waals surface area (Å²) >= 11 is 13.1. The molecule has 0 saturated heterocycles. The lowest BCUT2D eigenvalue weighted by Crippen LogP contribution is -1.99. The maximum atomic E-state index is 13.2. The molecule has 0 aliphatic carbocycles. The molecule has 112 valence electrons. The Morgan fingerprint density at radius 2 is 1.86 bits per heavy atom. The molecule has 22 heavy (non-hydrogen) atoms. The molecule has 0 atom stereocenters. The van der Waals surface area contributed by atoms with Crippen molar-refractivity contribution >= 4 is 35.0 Å². The standard InChI is InChI=1S/C14H9Cl2FN4S/c15-10-3-1-9(2-4-10)8-22-14-18-19-20-21(14)11-5-6-13(17)12(16)7-11/h1-7H,8H2. The zero-order valence-corrected chi connectivity index (χ0v) is 13.4. The molecule has 0 radical (unpaired) electrons. The molecule has 0 spiro atoms. The van der Waals surface area contributed by atoms with Crippen LogP contribution in [0.1, 0.15) is 5.56 Å². The maximum absolute atomic E-state index is 13.2. The minimum atomic E-state index is -0.478. The number of hydrogen-bond acceptors (Lipinski definition) is 4. The van der Waals surface area contributed by atoms with Gasteiger partial charge in [0.2, 0.25) is 5.16 Å². The van der Waals surface area contributed by atoms with Crippen LogP contribution in [0.2, 0.25) is 10.0 Å². The third-order valence-corrected chi connectivity index (χ3v) is 4.40. The molecule has 0 N–H and O–H groups in total. The third-order valence-electron chi connectivity index (χ3n) is 2.87. The third kappa shape index (κ3) is 3.40. The van der Waals surface area contributed by atoms with E-state index in [1.807, 2.05) is 24.3 Å². The Morgan fingerprint density at radius 1 is 1.09 bits per heavy atom. The molecule has 1 heterocycles. The van der Waals surface area contributed by atoms with E-state index in [1.54, 1.807) is 6.07 Å². The summed E-state index contributed by atoms with van der Waals surface area (Å²) in [5.41, 5.74) is 1.70. The fourth-order valence-electron chi connectivity index (χ4n) is 1.78. The number of halogens is 3. The van der Waals surface area contributed by atoms with E-state index in [4.69, 9.17) is 23.2 Å². The first-order valence-electron chi connectivity index (χ1n) is 6.24. The Morgan fingerprint density at radius 3 is 2.59 bits per heavy atom. The quantitative estimate of drug-likeness (QED) is 0.651. The molecule has 0 aliphatic rings. The van der Waals surface area contributed by atoms with Crippen LogP contribution in [0.4, 0.5) is 4.39 Å². The van der Waals surface area contributed by atoms with Gasteiger partial charge in [-0.15, -0.1) is 5.10 Å². The molecule has 0 aliphatic heterocycles. The van der Waals surface area contributed by atoms with Crippen molar-refractivity contribution in [2.24, 2.45) is 0 Å². The first-order chi connectivity index (χ1) is 10.6. The van der Waals surface area contributed by atoms with Gasteiger partial charge in [-0.1, -0.05) is 47.1 Å². The van der Waals surface area contributed by atoms with E-state index < -0.39 is 5.82 Å². The van der Waals surface area contributed by atoms with E-state index in [0.29, 0.717) is 21.6 Å². The number of benzene rings is 2. The van der Waals surface area contributed by atoms with Crippen LogP contribution in [-0.4, -0.2) is 20.2 Å². The SMILES string of the molecule is Fc1ccc(-n2nnnc2SCc2ccc(Cl)cc2)cc1Cl. The summed E-state index contributed by atoms with van der Waals surface area (Å²) in [5.74, 6) is 0.209. The molecule has 4 nitrogen and oxygen atoms in total. The van der Waals surface area contributed by atoms with E-state index in [0.717, 1.165) is 5.56 Å². The fourth-order valence-corrected chi connectivity index (χ4v) is 2.92. The van der Waals surface area contributed by atoms with Gasteiger partial charge in [0, 0.05) is 10.8 Å². The van der Waals surface area contributed by atoms with Crippen LogP contribution in [-0.2, 0) is 5.75 Å². The summed E-state index contributed by atoms with van der Waals surface area (Å²) in [5, 5.41) is 12.9. The van der Waals surface area contributed by atoms with Gasteiger partial charge in [-0.3, -0.25) is 0 Å². The van der Waals surface area contributed by atoms with Crippen LogP contribution < -0.4 is 0 Å². The zero-order valence-electron chi connectivity index (χ0n) is 11.1. The number of nitrogens with zero attached hydrogens (tertiary/aromatic N) is 4. The van der Waals surface area contributed by atoms with Crippen molar-refractivity contribution in [3.8, 4) is 5.69 Å². The summed E-state index contributed by atoms with van der Waals surface area (Å²) < 4.78 is 14.8. The highest BCUT2D eigenvalue weighted by Gasteiger charge is 2.11. The predicted molar refractivity (Wildman–Crippen MR) is 85.1 cm³/mol. The highest BCUT2D eigenvalue weighted by molar-refractivity contribution is 7.98. The summed E-state index contributed by atoms with van der Waals surface area (Å²) in [6.45, 7) is 0. The molecule has 1 aromatic heterocycles. The molecule has 3 aromatic rings. The second-order valence-corrected chi connectivity index (χ2v) is 6.17. The monoisotopic (exact) mass is 354 g/mol. The minimum absolute atomic E-state index is 0.0293. The largest absolute Gasteiger partial charge is 0.214 e. The first-order valence-corrected chi connectivity index (χ1v) is 7.99. The Hall–Kier alpha value is -1.63. The average Bonchev–Trinajstić information content (AvgIpc) is 2.98. The molecule has 0 fully saturated rings. The van der Waals surface area contributed by atoms with E-state index in [2.05, 4.69) is 15.5 Å². The highest BCUT2D eigenvalue weighted by Crippen LogP contribution is 2.25. The van der Waals surface area contributed by atoms with Crippen LogP contribution >= 0.6 is 35.0 Å². The Kier molecular flexibility index (Phi) is 4.61. The lowest BCUT2D eigenvalue weighted by atomic mass is 10.2. The van der Waals surface area contributed by atoms with Crippen molar-refractivity contribution in [3.63, 3.8) is 0 Å². The van der Waals surface area contributed by atoms with Crippen LogP contribution in [0.3, 0.4) is 0 Å². The summed E-state index contributed by atoms with van der Waals surface area (Å²) in [7, 11) is 0. The van der Waals surface area contributed by atoms with Crippen molar-refractivity contribution in [1.82, 2.24) is 20.2 Å². The molecule has 0 unspecified atom stereocenters. The van der Waals surface area contributed by atoms with Crippen molar-refractivity contribution in [2.75, 3.05) is 0 Å². The number of thioether (sulfide) groups is 1. The molecule has 3 rings (SSSR count). The topological polar surface area (TPSA) is 43.6 Å². The molecular weight excluding hydrogens is 346 g/mol. The van der Waals surface area contributed by atoms with E-state index in [9.17, 15) is 4.39 Å². The second-order valence-electron chi connectivity index (χ2n) is 4.39. The number of tetrazole rings is 1. The average molecular weight is 355 g/mol. The van der Waals surface area contributed by atoms with Gasteiger partial charge in [-0.05, 0) is 46.3 Å². The lowest BCUT2D eigenvalue weighted by Gasteiger charge is -2.05. The Balaban J connectivity index is 1.79. The summed E-state index contributed by atoms with van der Waals surface area (Å²) in [6, 6.07) is 11.9. The van der Waals surface area contributed by atoms with Crippen LogP contribution in [0, 0.1) is 5.82 Å². The van der Waals surface area contributed by atoms with Gasteiger partial charge < -0.3 is 0 Å².